The van der Waals surface area contributed by atoms with Crippen LogP contribution < -0.4 is 14.5 Å². The van der Waals surface area contributed by atoms with Crippen molar-refractivity contribution in [1.82, 2.24) is 20.2 Å². The van der Waals surface area contributed by atoms with Crippen molar-refractivity contribution >= 4 is 23.5 Å². The molecule has 0 N–H and O–H groups in total. The van der Waals surface area contributed by atoms with Crippen molar-refractivity contribution in [3.63, 3.8) is 0 Å². The van der Waals surface area contributed by atoms with Crippen LogP contribution >= 0.6 is 0 Å². The second-order valence-corrected chi connectivity index (χ2v) is 12.0. The van der Waals surface area contributed by atoms with Crippen LogP contribution in [-0.4, -0.2) is 51.6 Å². The summed E-state index contributed by atoms with van der Waals surface area (Å²) < 4.78 is 131. The van der Waals surface area contributed by atoms with Gasteiger partial charge in [0.2, 0.25) is 5.91 Å². The van der Waals surface area contributed by atoms with E-state index in [4.69, 9.17) is 0 Å². The average Bonchev–Trinajstić information content (AvgIpc) is 3.48. The molecule has 280 valence electrons. The Labute approximate surface area is 286 Å². The number of fused-ring (bicyclic) bond motifs is 1. The molecule has 0 aliphatic carbocycles. The van der Waals surface area contributed by atoms with E-state index in [0.29, 0.717) is 44.2 Å². The first-order valence-electron chi connectivity index (χ1n) is 15.9. The summed E-state index contributed by atoms with van der Waals surface area (Å²) in [7, 11) is 2.65. The number of methoxy groups -OCH3 is 1. The largest absolute Gasteiger partial charge is 0.573 e. The second kappa shape index (κ2) is 15.8. The fraction of sp³-hybridized carbons (Fsp3) is 0.531. The minimum absolute atomic E-state index is 0.0131. The van der Waals surface area contributed by atoms with Gasteiger partial charge in [-0.1, -0.05) is 24.9 Å². The summed E-state index contributed by atoms with van der Waals surface area (Å²) in [5, 5.41) is 11.8. The first-order chi connectivity index (χ1) is 23.8. The number of nitrogens with zero attached hydrogens (tertiary/aromatic N) is 6. The number of aromatic nitrogens is 4. The summed E-state index contributed by atoms with van der Waals surface area (Å²) in [6, 6.07) is 2.71. The molecule has 0 bridgehead atoms. The van der Waals surface area contributed by atoms with Gasteiger partial charge in [0.05, 0.1) is 31.3 Å². The maximum atomic E-state index is 13.8. The Hall–Kier alpha value is -4.58. The van der Waals surface area contributed by atoms with Gasteiger partial charge in [-0.3, -0.25) is 9.59 Å². The number of tetrazole rings is 1. The van der Waals surface area contributed by atoms with Gasteiger partial charge in [0.15, 0.2) is 0 Å². The monoisotopic (exact) mass is 738 g/mol. The average molecular weight is 739 g/mol. The van der Waals surface area contributed by atoms with Crippen LogP contribution in [-0.2, 0) is 40.3 Å². The molecule has 2 heterocycles. The molecule has 0 radical (unpaired) electrons. The van der Waals surface area contributed by atoms with Crippen LogP contribution in [0.5, 0.6) is 5.75 Å². The predicted octanol–water partition coefficient (Wildman–Crippen LogP) is 7.92. The normalized spacial score (nSPS) is 16.5. The Morgan fingerprint density at radius 3 is 2.06 bits per heavy atom. The molecule has 2 atom stereocenters. The highest BCUT2D eigenvalue weighted by Gasteiger charge is 2.41. The molecule has 51 heavy (non-hydrogen) atoms. The van der Waals surface area contributed by atoms with E-state index < -0.39 is 59.8 Å². The lowest BCUT2D eigenvalue weighted by molar-refractivity contribution is -0.274. The van der Waals surface area contributed by atoms with Crippen molar-refractivity contribution < 1.29 is 58.6 Å². The predicted molar refractivity (Wildman–Crippen MR) is 163 cm³/mol. The van der Waals surface area contributed by atoms with Gasteiger partial charge in [0.25, 0.3) is 5.95 Å². The Morgan fingerprint density at radius 1 is 0.902 bits per heavy atom. The molecule has 3 aromatic rings. The lowest BCUT2D eigenvalue weighted by atomic mass is 9.87. The molecule has 0 saturated heterocycles. The number of anilines is 2. The molecular formula is C32H35F9N6O4. The van der Waals surface area contributed by atoms with Crippen molar-refractivity contribution in [1.29, 1.82) is 0 Å². The SMILES string of the molecule is CCC1CC(N(Cc2cc(C(F)(F)F)cc(C(F)(F)F)c2)c2nnn(C)n2)c2cc(OC(F)(F)F)ccc2N1C(=O)CCCCCCC(=O)OC. The third-order valence-corrected chi connectivity index (χ3v) is 8.33. The van der Waals surface area contributed by atoms with E-state index in [9.17, 15) is 49.1 Å². The topological polar surface area (TPSA) is 103 Å². The van der Waals surface area contributed by atoms with E-state index in [0.717, 1.165) is 16.9 Å². The van der Waals surface area contributed by atoms with E-state index in [-0.39, 0.29) is 54.4 Å². The van der Waals surface area contributed by atoms with E-state index in [1.165, 1.54) is 30.0 Å². The van der Waals surface area contributed by atoms with Crippen molar-refractivity contribution in [3.05, 3.63) is 58.7 Å². The molecule has 1 aromatic heterocycles. The Morgan fingerprint density at radius 2 is 1.53 bits per heavy atom. The Kier molecular flexibility index (Phi) is 12.1. The zero-order valence-electron chi connectivity index (χ0n) is 27.7. The molecule has 1 aliphatic heterocycles. The molecule has 2 unspecified atom stereocenters. The summed E-state index contributed by atoms with van der Waals surface area (Å²) in [4.78, 5) is 28.8. The van der Waals surface area contributed by atoms with Gasteiger partial charge in [0, 0.05) is 36.7 Å². The van der Waals surface area contributed by atoms with Crippen LogP contribution in [0.3, 0.4) is 0 Å². The highest BCUT2D eigenvalue weighted by Crippen LogP contribution is 2.46. The quantitative estimate of drug-likeness (QED) is 0.0991. The van der Waals surface area contributed by atoms with Gasteiger partial charge in [-0.15, -0.1) is 18.3 Å². The number of carbonyl (C=O) groups excluding carboxylic acids is 2. The zero-order chi connectivity index (χ0) is 37.7. The molecule has 1 aliphatic rings. The number of esters is 1. The minimum Gasteiger partial charge on any atom is -0.469 e. The van der Waals surface area contributed by atoms with Crippen LogP contribution in [0.4, 0.5) is 51.1 Å². The van der Waals surface area contributed by atoms with Gasteiger partial charge in [0.1, 0.15) is 5.75 Å². The molecular weight excluding hydrogens is 703 g/mol. The second-order valence-electron chi connectivity index (χ2n) is 12.0. The van der Waals surface area contributed by atoms with E-state index in [1.54, 1.807) is 6.92 Å². The number of hydrogen-bond donors (Lipinski definition) is 0. The van der Waals surface area contributed by atoms with E-state index in [2.05, 4.69) is 24.9 Å². The molecule has 4 rings (SSSR count). The maximum Gasteiger partial charge on any atom is 0.573 e. The molecule has 0 saturated carbocycles. The summed E-state index contributed by atoms with van der Waals surface area (Å²) in [5.74, 6) is -1.60. The first kappa shape index (κ1) is 39.2. The van der Waals surface area contributed by atoms with E-state index in [1.807, 2.05) is 0 Å². The highest BCUT2D eigenvalue weighted by atomic mass is 19.4. The van der Waals surface area contributed by atoms with Crippen molar-refractivity contribution in [2.45, 2.75) is 95.6 Å². The Balaban J connectivity index is 1.77. The fourth-order valence-electron chi connectivity index (χ4n) is 6.02. The standard InChI is InChI=1S/C32H35F9N6O4/c1-4-22-16-26(46(29-42-44-45(2)43-29)18-19-13-20(30(33,34)35)15-21(14-19)31(36,37)38)24-17-23(51-32(39,40)41)11-12-25(24)47(22)27(48)9-7-5-6-8-10-28(49)50-3/h11-15,17,22,26H,4-10,16,18H2,1-3H3. The third-order valence-electron chi connectivity index (χ3n) is 8.33. The van der Waals surface area contributed by atoms with Crippen molar-refractivity contribution in [2.75, 3.05) is 16.9 Å². The summed E-state index contributed by atoms with van der Waals surface area (Å²) >= 11 is 0. The lowest BCUT2D eigenvalue weighted by Crippen LogP contribution is -2.47. The summed E-state index contributed by atoms with van der Waals surface area (Å²) in [6.45, 7) is 1.11. The third kappa shape index (κ3) is 10.2. The highest BCUT2D eigenvalue weighted by molar-refractivity contribution is 5.95. The number of amides is 1. The van der Waals surface area contributed by atoms with Crippen molar-refractivity contribution in [3.8, 4) is 5.75 Å². The number of hydrogen-bond acceptors (Lipinski definition) is 8. The van der Waals surface area contributed by atoms with Gasteiger partial charge in [-0.2, -0.15) is 31.1 Å². The fourth-order valence-corrected chi connectivity index (χ4v) is 6.02. The van der Waals surface area contributed by atoms with Gasteiger partial charge >= 0.3 is 24.7 Å². The number of halogens is 9. The molecule has 10 nitrogen and oxygen atoms in total. The molecule has 0 spiro atoms. The van der Waals surface area contributed by atoms with Crippen LogP contribution in [0.2, 0.25) is 0 Å². The maximum absolute atomic E-state index is 13.8. The number of carbonyl (C=O) groups is 2. The Bertz CT molecular complexity index is 1640. The number of ether oxygens (including phenoxy) is 2. The number of benzene rings is 2. The summed E-state index contributed by atoms with van der Waals surface area (Å²) in [6.07, 6.45) is -12.6. The van der Waals surface area contributed by atoms with Gasteiger partial charge in [-0.25, -0.2) is 0 Å². The number of alkyl halides is 9. The lowest BCUT2D eigenvalue weighted by Gasteiger charge is -2.44. The first-order valence-corrected chi connectivity index (χ1v) is 15.9. The van der Waals surface area contributed by atoms with Crippen LogP contribution in [0.1, 0.15) is 86.6 Å². The smallest absolute Gasteiger partial charge is 0.469 e. The minimum atomic E-state index is -5.14. The molecule has 0 fully saturated rings. The van der Waals surface area contributed by atoms with Crippen LogP contribution in [0, 0.1) is 0 Å². The molecule has 1 amide bonds. The van der Waals surface area contributed by atoms with Crippen molar-refractivity contribution in [2.24, 2.45) is 7.05 Å². The van der Waals surface area contributed by atoms with Gasteiger partial charge in [-0.05, 0) is 72.9 Å². The molecule has 2 aromatic carbocycles. The number of rotatable bonds is 13. The molecule has 19 heteroatoms. The van der Waals surface area contributed by atoms with Gasteiger partial charge < -0.3 is 19.3 Å². The van der Waals surface area contributed by atoms with Crippen LogP contribution in [0.15, 0.2) is 36.4 Å². The van der Waals surface area contributed by atoms with Crippen LogP contribution in [0.25, 0.3) is 0 Å². The summed E-state index contributed by atoms with van der Waals surface area (Å²) in [5.41, 5.74) is -3.30. The zero-order valence-corrected chi connectivity index (χ0v) is 27.7. The van der Waals surface area contributed by atoms with E-state index >= 15 is 0 Å². The number of aryl methyl sites for hydroxylation is 1. The number of unbranched alkanes of at least 4 members (excludes halogenated alkanes) is 3.